The molecule has 0 saturated heterocycles. The SMILES string of the molecule is CCOC(=O)C(C)(C)/C(C)=C/c1ccc(Cl)cc1. The molecule has 0 saturated carbocycles. The van der Waals surface area contributed by atoms with Crippen LogP contribution in [0.2, 0.25) is 5.02 Å². The molecular weight excluding hydrogens is 248 g/mol. The van der Waals surface area contributed by atoms with Gasteiger partial charge < -0.3 is 4.74 Å². The first-order chi connectivity index (χ1) is 8.37. The Morgan fingerprint density at radius 3 is 2.39 bits per heavy atom. The highest BCUT2D eigenvalue weighted by atomic mass is 35.5. The fraction of sp³-hybridized carbons (Fsp3) is 0.400. The average molecular weight is 267 g/mol. The number of rotatable bonds is 4. The van der Waals surface area contributed by atoms with E-state index in [-0.39, 0.29) is 5.97 Å². The predicted octanol–water partition coefficient (Wildman–Crippen LogP) is 4.33. The first-order valence-electron chi connectivity index (χ1n) is 5.99. The molecule has 0 bridgehead atoms. The molecule has 18 heavy (non-hydrogen) atoms. The van der Waals surface area contributed by atoms with Crippen LogP contribution in [-0.4, -0.2) is 12.6 Å². The number of benzene rings is 1. The van der Waals surface area contributed by atoms with E-state index in [0.29, 0.717) is 11.6 Å². The molecule has 0 N–H and O–H groups in total. The topological polar surface area (TPSA) is 26.3 Å². The van der Waals surface area contributed by atoms with Crippen molar-refractivity contribution in [3.63, 3.8) is 0 Å². The number of ether oxygens (including phenoxy) is 1. The van der Waals surface area contributed by atoms with Crippen molar-refractivity contribution >= 4 is 23.6 Å². The fourth-order valence-corrected chi connectivity index (χ4v) is 1.59. The van der Waals surface area contributed by atoms with Crippen LogP contribution in [0.1, 0.15) is 33.3 Å². The van der Waals surface area contributed by atoms with Gasteiger partial charge in [0.1, 0.15) is 0 Å². The maximum Gasteiger partial charge on any atom is 0.315 e. The Balaban J connectivity index is 2.94. The van der Waals surface area contributed by atoms with Crippen LogP contribution in [0.3, 0.4) is 0 Å². The van der Waals surface area contributed by atoms with Gasteiger partial charge in [-0.3, -0.25) is 4.79 Å². The van der Waals surface area contributed by atoms with Gasteiger partial charge in [-0.25, -0.2) is 0 Å². The van der Waals surface area contributed by atoms with Crippen molar-refractivity contribution in [2.45, 2.75) is 27.7 Å². The Labute approximate surface area is 114 Å². The van der Waals surface area contributed by atoms with Crippen molar-refractivity contribution in [3.8, 4) is 0 Å². The van der Waals surface area contributed by atoms with E-state index in [1.165, 1.54) is 0 Å². The van der Waals surface area contributed by atoms with E-state index < -0.39 is 5.41 Å². The minimum Gasteiger partial charge on any atom is -0.465 e. The lowest BCUT2D eigenvalue weighted by atomic mass is 9.84. The second-order valence-electron chi connectivity index (χ2n) is 4.72. The van der Waals surface area contributed by atoms with Crippen molar-refractivity contribution in [2.75, 3.05) is 6.61 Å². The highest BCUT2D eigenvalue weighted by Gasteiger charge is 2.30. The Bertz CT molecular complexity index is 444. The van der Waals surface area contributed by atoms with Crippen LogP contribution in [0.15, 0.2) is 29.8 Å². The van der Waals surface area contributed by atoms with Crippen LogP contribution in [0.25, 0.3) is 6.08 Å². The highest BCUT2D eigenvalue weighted by molar-refractivity contribution is 6.30. The van der Waals surface area contributed by atoms with E-state index in [0.717, 1.165) is 11.1 Å². The average Bonchev–Trinajstić information content (AvgIpc) is 2.32. The number of carbonyl (C=O) groups excluding carboxylic acids is 1. The lowest BCUT2D eigenvalue weighted by molar-refractivity contribution is -0.151. The molecule has 1 aromatic carbocycles. The van der Waals surface area contributed by atoms with E-state index in [9.17, 15) is 4.79 Å². The highest BCUT2D eigenvalue weighted by Crippen LogP contribution is 2.29. The molecule has 3 heteroatoms. The van der Waals surface area contributed by atoms with Gasteiger partial charge in [0.05, 0.1) is 12.0 Å². The molecule has 0 aliphatic rings. The molecular formula is C15H19ClO2. The quantitative estimate of drug-likeness (QED) is 0.758. The molecule has 0 unspecified atom stereocenters. The van der Waals surface area contributed by atoms with Crippen molar-refractivity contribution in [1.82, 2.24) is 0 Å². The molecule has 1 rings (SSSR count). The summed E-state index contributed by atoms with van der Waals surface area (Å²) in [5, 5.41) is 0.703. The zero-order chi connectivity index (χ0) is 13.8. The van der Waals surface area contributed by atoms with Gasteiger partial charge in [-0.15, -0.1) is 0 Å². The Morgan fingerprint density at radius 2 is 1.89 bits per heavy atom. The summed E-state index contributed by atoms with van der Waals surface area (Å²) < 4.78 is 5.08. The number of carbonyl (C=O) groups is 1. The summed E-state index contributed by atoms with van der Waals surface area (Å²) >= 11 is 5.84. The van der Waals surface area contributed by atoms with Gasteiger partial charge in [-0.2, -0.15) is 0 Å². The molecule has 0 amide bonds. The Hall–Kier alpha value is -1.28. The third-order valence-electron chi connectivity index (χ3n) is 3.02. The summed E-state index contributed by atoms with van der Waals surface area (Å²) in [5.74, 6) is -0.201. The standard InChI is InChI=1S/C15H19ClO2/c1-5-18-14(17)15(3,4)11(2)10-12-6-8-13(16)9-7-12/h6-10H,5H2,1-4H3/b11-10+. The van der Waals surface area contributed by atoms with Crippen LogP contribution >= 0.6 is 11.6 Å². The van der Waals surface area contributed by atoms with Gasteiger partial charge in [-0.05, 0) is 45.4 Å². The number of esters is 1. The molecule has 0 radical (unpaired) electrons. The summed E-state index contributed by atoms with van der Waals surface area (Å²) in [7, 11) is 0. The van der Waals surface area contributed by atoms with Gasteiger partial charge in [0.15, 0.2) is 0 Å². The van der Waals surface area contributed by atoms with Crippen molar-refractivity contribution < 1.29 is 9.53 Å². The molecule has 0 fully saturated rings. The molecule has 0 spiro atoms. The summed E-state index contributed by atoms with van der Waals surface area (Å²) in [6.45, 7) is 7.88. The predicted molar refractivity (Wildman–Crippen MR) is 75.5 cm³/mol. The van der Waals surface area contributed by atoms with E-state index in [1.54, 1.807) is 0 Å². The third-order valence-corrected chi connectivity index (χ3v) is 3.28. The van der Waals surface area contributed by atoms with Gasteiger partial charge >= 0.3 is 5.97 Å². The Kier molecular flexibility index (Phi) is 4.97. The lowest BCUT2D eigenvalue weighted by Crippen LogP contribution is -2.27. The minimum absolute atomic E-state index is 0.201. The normalized spacial score (nSPS) is 12.4. The molecule has 0 atom stereocenters. The summed E-state index contributed by atoms with van der Waals surface area (Å²) in [6, 6.07) is 7.51. The molecule has 2 nitrogen and oxygen atoms in total. The number of halogens is 1. The zero-order valence-electron chi connectivity index (χ0n) is 11.3. The first kappa shape index (κ1) is 14.8. The van der Waals surface area contributed by atoms with Crippen LogP contribution in [0, 0.1) is 5.41 Å². The molecule has 0 heterocycles. The van der Waals surface area contributed by atoms with Crippen LogP contribution in [0.5, 0.6) is 0 Å². The summed E-state index contributed by atoms with van der Waals surface area (Å²) in [6.07, 6.45) is 1.98. The van der Waals surface area contributed by atoms with E-state index in [2.05, 4.69) is 0 Å². The maximum atomic E-state index is 11.9. The number of hydrogen-bond donors (Lipinski definition) is 0. The smallest absolute Gasteiger partial charge is 0.315 e. The van der Waals surface area contributed by atoms with E-state index in [1.807, 2.05) is 58.0 Å². The lowest BCUT2D eigenvalue weighted by Gasteiger charge is -2.23. The maximum absolute atomic E-state index is 11.9. The second-order valence-corrected chi connectivity index (χ2v) is 5.16. The van der Waals surface area contributed by atoms with Crippen LogP contribution in [0.4, 0.5) is 0 Å². The van der Waals surface area contributed by atoms with Crippen molar-refractivity contribution in [3.05, 3.63) is 40.4 Å². The molecule has 1 aromatic rings. The number of hydrogen-bond acceptors (Lipinski definition) is 2. The Morgan fingerprint density at radius 1 is 1.33 bits per heavy atom. The zero-order valence-corrected chi connectivity index (χ0v) is 12.0. The summed E-state index contributed by atoms with van der Waals surface area (Å²) in [4.78, 5) is 11.9. The van der Waals surface area contributed by atoms with Crippen LogP contribution in [-0.2, 0) is 9.53 Å². The molecule has 0 aliphatic heterocycles. The minimum atomic E-state index is -0.615. The van der Waals surface area contributed by atoms with Gasteiger partial charge in [-0.1, -0.05) is 35.4 Å². The molecule has 0 aliphatic carbocycles. The van der Waals surface area contributed by atoms with Gasteiger partial charge in [0, 0.05) is 5.02 Å². The van der Waals surface area contributed by atoms with Crippen molar-refractivity contribution in [2.24, 2.45) is 5.41 Å². The largest absolute Gasteiger partial charge is 0.465 e. The van der Waals surface area contributed by atoms with Gasteiger partial charge in [0.2, 0.25) is 0 Å². The molecule has 0 aromatic heterocycles. The van der Waals surface area contributed by atoms with E-state index in [4.69, 9.17) is 16.3 Å². The summed E-state index contributed by atoms with van der Waals surface area (Å²) in [5.41, 5.74) is 1.37. The third kappa shape index (κ3) is 3.61. The first-order valence-corrected chi connectivity index (χ1v) is 6.37. The van der Waals surface area contributed by atoms with Crippen molar-refractivity contribution in [1.29, 1.82) is 0 Å². The monoisotopic (exact) mass is 266 g/mol. The fourth-order valence-electron chi connectivity index (χ4n) is 1.46. The van der Waals surface area contributed by atoms with E-state index >= 15 is 0 Å². The van der Waals surface area contributed by atoms with Gasteiger partial charge in [0.25, 0.3) is 0 Å². The molecule has 98 valence electrons. The van der Waals surface area contributed by atoms with Crippen LogP contribution < -0.4 is 0 Å². The second kappa shape index (κ2) is 6.05.